The van der Waals surface area contributed by atoms with Crippen LogP contribution < -0.4 is 0 Å². The van der Waals surface area contributed by atoms with Crippen LogP contribution in [0, 0.1) is 11.6 Å². The van der Waals surface area contributed by atoms with E-state index in [4.69, 9.17) is 4.42 Å². The molecule has 2 aromatic carbocycles. The highest BCUT2D eigenvalue weighted by Crippen LogP contribution is 2.27. The van der Waals surface area contributed by atoms with Crippen molar-refractivity contribution in [3.05, 3.63) is 48.0 Å². The largest absolute Gasteiger partial charge is 0.508 e. The van der Waals surface area contributed by atoms with E-state index in [2.05, 4.69) is 4.98 Å². The summed E-state index contributed by atoms with van der Waals surface area (Å²) in [7, 11) is 0. The van der Waals surface area contributed by atoms with Crippen LogP contribution in [-0.2, 0) is 0 Å². The highest BCUT2D eigenvalue weighted by molar-refractivity contribution is 5.77. The zero-order valence-corrected chi connectivity index (χ0v) is 9.02. The van der Waals surface area contributed by atoms with Gasteiger partial charge in [0.15, 0.2) is 17.2 Å². The minimum Gasteiger partial charge on any atom is -0.508 e. The molecule has 18 heavy (non-hydrogen) atoms. The average Bonchev–Trinajstić information content (AvgIpc) is 2.75. The van der Waals surface area contributed by atoms with Crippen LogP contribution in [0.5, 0.6) is 5.75 Å². The molecule has 1 aromatic heterocycles. The fourth-order valence-corrected chi connectivity index (χ4v) is 1.67. The molecule has 90 valence electrons. The first-order valence-electron chi connectivity index (χ1n) is 5.18. The Balaban J connectivity index is 2.16. The Morgan fingerprint density at radius 1 is 1.00 bits per heavy atom. The molecular weight excluding hydrogens is 240 g/mol. The molecule has 0 aliphatic carbocycles. The summed E-state index contributed by atoms with van der Waals surface area (Å²) in [5.41, 5.74) is 1.26. The van der Waals surface area contributed by atoms with Crippen LogP contribution in [0.2, 0.25) is 0 Å². The van der Waals surface area contributed by atoms with Crippen molar-refractivity contribution in [2.75, 3.05) is 0 Å². The molecule has 0 saturated carbocycles. The van der Waals surface area contributed by atoms with Gasteiger partial charge >= 0.3 is 0 Å². The minimum atomic E-state index is -0.961. The van der Waals surface area contributed by atoms with E-state index in [1.54, 1.807) is 6.07 Å². The molecule has 1 N–H and O–H groups in total. The van der Waals surface area contributed by atoms with Gasteiger partial charge in [0, 0.05) is 11.6 Å². The first-order valence-corrected chi connectivity index (χ1v) is 5.18. The lowest BCUT2D eigenvalue weighted by molar-refractivity contribution is 0.476. The van der Waals surface area contributed by atoms with Gasteiger partial charge in [-0.05, 0) is 30.3 Å². The van der Waals surface area contributed by atoms with Gasteiger partial charge in [0.25, 0.3) is 0 Å². The van der Waals surface area contributed by atoms with E-state index in [1.807, 2.05) is 0 Å². The molecule has 3 nitrogen and oxygen atoms in total. The fourth-order valence-electron chi connectivity index (χ4n) is 1.67. The molecule has 0 bridgehead atoms. The van der Waals surface area contributed by atoms with Gasteiger partial charge < -0.3 is 9.52 Å². The van der Waals surface area contributed by atoms with Gasteiger partial charge in [-0.1, -0.05) is 0 Å². The maximum Gasteiger partial charge on any atom is 0.227 e. The van der Waals surface area contributed by atoms with Gasteiger partial charge in [0.2, 0.25) is 5.89 Å². The highest BCUT2D eigenvalue weighted by Gasteiger charge is 2.11. The summed E-state index contributed by atoms with van der Waals surface area (Å²) in [6.07, 6.45) is 0. The molecule has 0 amide bonds. The molecule has 0 radical (unpaired) electrons. The van der Waals surface area contributed by atoms with Crippen molar-refractivity contribution in [2.24, 2.45) is 0 Å². The maximum absolute atomic E-state index is 13.1. The van der Waals surface area contributed by atoms with Crippen molar-refractivity contribution < 1.29 is 18.3 Å². The number of oxazole rings is 1. The highest BCUT2D eigenvalue weighted by atomic mass is 19.2. The molecule has 0 unspecified atom stereocenters. The Labute approximate surface area is 100 Å². The lowest BCUT2D eigenvalue weighted by Crippen LogP contribution is -1.85. The molecule has 0 aliphatic heterocycles. The van der Waals surface area contributed by atoms with Crippen LogP contribution in [0.3, 0.4) is 0 Å². The number of aromatic nitrogens is 1. The molecule has 0 aliphatic rings. The third-order valence-corrected chi connectivity index (χ3v) is 2.54. The van der Waals surface area contributed by atoms with Gasteiger partial charge in [-0.25, -0.2) is 13.8 Å². The van der Waals surface area contributed by atoms with Crippen molar-refractivity contribution >= 4 is 11.1 Å². The van der Waals surface area contributed by atoms with Crippen molar-refractivity contribution in [3.63, 3.8) is 0 Å². The second kappa shape index (κ2) is 3.80. The summed E-state index contributed by atoms with van der Waals surface area (Å²) in [5.74, 6) is -1.65. The number of benzene rings is 2. The predicted octanol–water partition coefficient (Wildman–Crippen LogP) is 3.48. The number of aromatic hydroxyl groups is 1. The van der Waals surface area contributed by atoms with Gasteiger partial charge in [-0.3, -0.25) is 0 Å². The zero-order chi connectivity index (χ0) is 12.7. The van der Waals surface area contributed by atoms with Gasteiger partial charge in [0.1, 0.15) is 11.3 Å². The Morgan fingerprint density at radius 3 is 2.61 bits per heavy atom. The standard InChI is InChI=1S/C13H7F2NO2/c14-9-3-1-7(5-10(9)15)13-16-11-6-8(17)2-4-12(11)18-13/h1-6,17H. The second-order valence-electron chi connectivity index (χ2n) is 3.80. The third-order valence-electron chi connectivity index (χ3n) is 2.54. The first-order chi connectivity index (χ1) is 8.63. The van der Waals surface area contributed by atoms with Crippen molar-refractivity contribution in [2.45, 2.75) is 0 Å². The molecule has 0 spiro atoms. The molecule has 3 aromatic rings. The quantitative estimate of drug-likeness (QED) is 0.716. The van der Waals surface area contributed by atoms with Crippen LogP contribution in [0.1, 0.15) is 0 Å². The number of phenols is 1. The molecule has 1 heterocycles. The van der Waals surface area contributed by atoms with Gasteiger partial charge in [-0.2, -0.15) is 0 Å². The summed E-state index contributed by atoms with van der Waals surface area (Å²) < 4.78 is 31.3. The lowest BCUT2D eigenvalue weighted by Gasteiger charge is -1.96. The van der Waals surface area contributed by atoms with E-state index in [0.717, 1.165) is 12.1 Å². The normalized spacial score (nSPS) is 11.0. The molecule has 0 atom stereocenters. The molecule has 0 fully saturated rings. The number of halogens is 2. The number of nitrogens with zero attached hydrogens (tertiary/aromatic N) is 1. The van der Waals surface area contributed by atoms with Gasteiger partial charge in [-0.15, -0.1) is 0 Å². The smallest absolute Gasteiger partial charge is 0.227 e. The van der Waals surface area contributed by atoms with Gasteiger partial charge in [0.05, 0.1) is 0 Å². The number of hydrogen-bond donors (Lipinski definition) is 1. The van der Waals surface area contributed by atoms with Crippen LogP contribution in [-0.4, -0.2) is 10.1 Å². The summed E-state index contributed by atoms with van der Waals surface area (Å²) in [6.45, 7) is 0. The predicted molar refractivity (Wildman–Crippen MR) is 61.0 cm³/mol. The lowest BCUT2D eigenvalue weighted by atomic mass is 10.2. The maximum atomic E-state index is 13.1. The van der Waals surface area contributed by atoms with Crippen LogP contribution in [0.4, 0.5) is 8.78 Å². The summed E-state index contributed by atoms with van der Waals surface area (Å²) in [6, 6.07) is 7.85. The van der Waals surface area contributed by atoms with Crippen LogP contribution >= 0.6 is 0 Å². The number of hydrogen-bond acceptors (Lipinski definition) is 3. The van der Waals surface area contributed by atoms with E-state index >= 15 is 0 Å². The molecule has 3 rings (SSSR count). The van der Waals surface area contributed by atoms with Crippen LogP contribution in [0.25, 0.3) is 22.6 Å². The topological polar surface area (TPSA) is 46.3 Å². The summed E-state index contributed by atoms with van der Waals surface area (Å²) in [5, 5.41) is 9.30. The Bertz CT molecular complexity index is 737. The molecule has 5 heteroatoms. The average molecular weight is 247 g/mol. The van der Waals surface area contributed by atoms with E-state index in [9.17, 15) is 13.9 Å². The van der Waals surface area contributed by atoms with Crippen molar-refractivity contribution in [3.8, 4) is 17.2 Å². The third kappa shape index (κ3) is 1.69. The van der Waals surface area contributed by atoms with E-state index < -0.39 is 11.6 Å². The summed E-state index contributed by atoms with van der Waals surface area (Å²) >= 11 is 0. The zero-order valence-electron chi connectivity index (χ0n) is 9.02. The second-order valence-corrected chi connectivity index (χ2v) is 3.80. The molecule has 0 saturated heterocycles. The monoisotopic (exact) mass is 247 g/mol. The SMILES string of the molecule is Oc1ccc2oc(-c3ccc(F)c(F)c3)nc2c1. The Hall–Kier alpha value is -2.43. The fraction of sp³-hybridized carbons (Fsp3) is 0. The number of fused-ring (bicyclic) bond motifs is 1. The van der Waals surface area contributed by atoms with E-state index in [1.165, 1.54) is 18.2 Å². The summed E-state index contributed by atoms with van der Waals surface area (Å²) in [4.78, 5) is 4.10. The van der Waals surface area contributed by atoms with Crippen molar-refractivity contribution in [1.82, 2.24) is 4.98 Å². The number of rotatable bonds is 1. The first kappa shape index (κ1) is 10.7. The minimum absolute atomic E-state index is 0.0626. The van der Waals surface area contributed by atoms with E-state index in [0.29, 0.717) is 16.7 Å². The Kier molecular flexibility index (Phi) is 2.26. The van der Waals surface area contributed by atoms with E-state index in [-0.39, 0.29) is 11.6 Å². The van der Waals surface area contributed by atoms with Crippen molar-refractivity contribution in [1.29, 1.82) is 0 Å². The Morgan fingerprint density at radius 2 is 1.83 bits per heavy atom. The van der Waals surface area contributed by atoms with Crippen LogP contribution in [0.15, 0.2) is 40.8 Å². The number of phenolic OH excluding ortho intramolecular Hbond substituents is 1. The molecular formula is C13H7F2NO2.